The molecule has 5 heteroatoms. The molecule has 5 nitrogen and oxygen atoms in total. The van der Waals surface area contributed by atoms with Crippen LogP contribution in [0, 0.1) is 0 Å². The molecule has 31 heavy (non-hydrogen) atoms. The number of pyridine rings is 1. The molecular formula is C26H27NO4. The number of benzene rings is 2. The van der Waals surface area contributed by atoms with E-state index in [-0.39, 0.29) is 5.97 Å². The normalized spacial score (nSPS) is 14.4. The van der Waals surface area contributed by atoms with Crippen molar-refractivity contribution in [1.82, 2.24) is 4.98 Å². The third-order valence-corrected chi connectivity index (χ3v) is 5.98. The molecule has 4 rings (SSSR count). The lowest BCUT2D eigenvalue weighted by Crippen LogP contribution is -2.13. The van der Waals surface area contributed by atoms with E-state index in [9.17, 15) is 4.79 Å². The maximum absolute atomic E-state index is 12.0. The molecule has 0 bridgehead atoms. The number of carbonyl (C=O) groups is 1. The molecule has 0 fully saturated rings. The number of carbonyl (C=O) groups excluding carboxylic acids is 1. The Balaban J connectivity index is 1.51. The topological polar surface area (TPSA) is 57.7 Å². The van der Waals surface area contributed by atoms with Gasteiger partial charge in [-0.25, -0.2) is 4.79 Å². The molecule has 0 aliphatic heterocycles. The zero-order valence-corrected chi connectivity index (χ0v) is 18.2. The Morgan fingerprint density at radius 1 is 1.06 bits per heavy atom. The van der Waals surface area contributed by atoms with Crippen LogP contribution in [-0.2, 0) is 24.0 Å². The molecule has 0 saturated carbocycles. The van der Waals surface area contributed by atoms with Crippen molar-refractivity contribution in [3.05, 3.63) is 76.5 Å². The first-order valence-corrected chi connectivity index (χ1v) is 10.5. The number of hydrogen-bond donors (Lipinski definition) is 0. The standard InChI is InChI=1S/C26H27NO4/c1-29-24-15-22-18(12-13-27-23(22)16-25(24)30-2)7-4-6-17-10-11-20-19(14-17)8-5-9-21(20)26(28)31-3/h5-6,8-9,12-13,15-16H,4,7,10-11,14H2,1-3H3/b17-6+. The number of methoxy groups -OCH3 is 3. The number of ether oxygens (including phenoxy) is 3. The molecule has 3 aromatic rings. The number of fused-ring (bicyclic) bond motifs is 2. The fraction of sp³-hybridized carbons (Fsp3) is 0.308. The van der Waals surface area contributed by atoms with Gasteiger partial charge in [0.25, 0.3) is 0 Å². The number of esters is 1. The Labute approximate surface area is 182 Å². The number of hydrogen-bond acceptors (Lipinski definition) is 5. The van der Waals surface area contributed by atoms with E-state index in [0.29, 0.717) is 17.1 Å². The molecule has 2 aromatic carbocycles. The van der Waals surface area contributed by atoms with Crippen LogP contribution in [0.4, 0.5) is 0 Å². The van der Waals surface area contributed by atoms with Gasteiger partial charge in [0.1, 0.15) is 0 Å². The van der Waals surface area contributed by atoms with Crippen molar-refractivity contribution in [3.8, 4) is 11.5 Å². The van der Waals surface area contributed by atoms with Gasteiger partial charge in [0.15, 0.2) is 11.5 Å². The van der Waals surface area contributed by atoms with E-state index >= 15 is 0 Å². The minimum absolute atomic E-state index is 0.249. The van der Waals surface area contributed by atoms with Crippen LogP contribution in [-0.4, -0.2) is 32.3 Å². The molecule has 1 aromatic heterocycles. The lowest BCUT2D eigenvalue weighted by molar-refractivity contribution is 0.0599. The summed E-state index contributed by atoms with van der Waals surface area (Å²) in [6, 6.07) is 11.9. The van der Waals surface area contributed by atoms with Crippen LogP contribution in [0.25, 0.3) is 10.9 Å². The fourth-order valence-electron chi connectivity index (χ4n) is 4.37. The summed E-state index contributed by atoms with van der Waals surface area (Å²) in [5.74, 6) is 1.16. The number of nitrogens with zero attached hydrogens (tertiary/aromatic N) is 1. The van der Waals surface area contributed by atoms with Gasteiger partial charge in [-0.15, -0.1) is 0 Å². The van der Waals surface area contributed by atoms with Crippen molar-refractivity contribution in [2.75, 3.05) is 21.3 Å². The van der Waals surface area contributed by atoms with Crippen molar-refractivity contribution in [1.29, 1.82) is 0 Å². The van der Waals surface area contributed by atoms with Crippen LogP contribution < -0.4 is 9.47 Å². The van der Waals surface area contributed by atoms with Crippen LogP contribution in [0.2, 0.25) is 0 Å². The predicted octanol–water partition coefficient (Wildman–Crippen LogP) is 5.09. The van der Waals surface area contributed by atoms with E-state index in [1.54, 1.807) is 14.2 Å². The van der Waals surface area contributed by atoms with Gasteiger partial charge in [-0.3, -0.25) is 4.98 Å². The molecule has 160 valence electrons. The quantitative estimate of drug-likeness (QED) is 0.413. The number of aromatic nitrogens is 1. The van der Waals surface area contributed by atoms with E-state index in [2.05, 4.69) is 23.2 Å². The van der Waals surface area contributed by atoms with Gasteiger partial charge < -0.3 is 14.2 Å². The van der Waals surface area contributed by atoms with Crippen molar-refractivity contribution < 1.29 is 19.0 Å². The first-order chi connectivity index (χ1) is 15.1. The molecule has 1 heterocycles. The van der Waals surface area contributed by atoms with E-state index < -0.39 is 0 Å². The lowest BCUT2D eigenvalue weighted by Gasteiger charge is -2.21. The molecule has 1 aliphatic rings. The van der Waals surface area contributed by atoms with Gasteiger partial charge in [0, 0.05) is 17.6 Å². The van der Waals surface area contributed by atoms with E-state index in [4.69, 9.17) is 14.2 Å². The third-order valence-electron chi connectivity index (χ3n) is 5.98. The van der Waals surface area contributed by atoms with Gasteiger partial charge in [-0.05, 0) is 67.0 Å². The maximum Gasteiger partial charge on any atom is 0.338 e. The second-order valence-corrected chi connectivity index (χ2v) is 7.71. The number of aryl methyl sites for hydroxylation is 1. The summed E-state index contributed by atoms with van der Waals surface area (Å²) in [5.41, 5.74) is 6.63. The second-order valence-electron chi connectivity index (χ2n) is 7.71. The summed E-state index contributed by atoms with van der Waals surface area (Å²) in [6.07, 6.45) is 8.82. The lowest BCUT2D eigenvalue weighted by atomic mass is 9.84. The van der Waals surface area contributed by atoms with Crippen LogP contribution >= 0.6 is 0 Å². The zero-order valence-electron chi connectivity index (χ0n) is 18.2. The average Bonchev–Trinajstić information content (AvgIpc) is 2.82. The van der Waals surface area contributed by atoms with E-state index in [1.807, 2.05) is 30.5 Å². The fourth-order valence-corrected chi connectivity index (χ4v) is 4.37. The van der Waals surface area contributed by atoms with Crippen LogP contribution in [0.1, 0.15) is 39.9 Å². The van der Waals surface area contributed by atoms with Crippen LogP contribution in [0.15, 0.2) is 54.2 Å². The zero-order chi connectivity index (χ0) is 21.8. The van der Waals surface area contributed by atoms with E-state index in [1.165, 1.54) is 23.8 Å². The molecule has 0 radical (unpaired) electrons. The summed E-state index contributed by atoms with van der Waals surface area (Å²) in [7, 11) is 4.72. The summed E-state index contributed by atoms with van der Waals surface area (Å²) >= 11 is 0. The molecule has 0 atom stereocenters. The highest BCUT2D eigenvalue weighted by Crippen LogP contribution is 2.33. The second kappa shape index (κ2) is 9.21. The monoisotopic (exact) mass is 417 g/mol. The Kier molecular flexibility index (Phi) is 6.21. The molecule has 1 aliphatic carbocycles. The molecule has 0 saturated heterocycles. The molecule has 0 unspecified atom stereocenters. The number of allylic oxidation sites excluding steroid dienone is 2. The van der Waals surface area contributed by atoms with Crippen molar-refractivity contribution in [2.45, 2.75) is 32.1 Å². The Hall–Kier alpha value is -3.34. The highest BCUT2D eigenvalue weighted by molar-refractivity contribution is 5.91. The third kappa shape index (κ3) is 4.26. The summed E-state index contributed by atoms with van der Waals surface area (Å²) in [6.45, 7) is 0. The van der Waals surface area contributed by atoms with Crippen LogP contribution in [0.5, 0.6) is 11.5 Å². The predicted molar refractivity (Wildman–Crippen MR) is 121 cm³/mol. The van der Waals surface area contributed by atoms with Crippen molar-refractivity contribution in [3.63, 3.8) is 0 Å². The molecule has 0 amide bonds. The first-order valence-electron chi connectivity index (χ1n) is 10.5. The minimum Gasteiger partial charge on any atom is -0.493 e. The summed E-state index contributed by atoms with van der Waals surface area (Å²) in [5, 5.41) is 1.09. The first kappa shape index (κ1) is 20.9. The molecule has 0 N–H and O–H groups in total. The number of rotatable bonds is 6. The highest BCUT2D eigenvalue weighted by Gasteiger charge is 2.19. The Bertz CT molecular complexity index is 1150. The van der Waals surface area contributed by atoms with Gasteiger partial charge in [0.2, 0.25) is 0 Å². The molecule has 0 spiro atoms. The summed E-state index contributed by atoms with van der Waals surface area (Å²) in [4.78, 5) is 16.5. The van der Waals surface area contributed by atoms with Crippen molar-refractivity contribution in [2.24, 2.45) is 0 Å². The highest BCUT2D eigenvalue weighted by atomic mass is 16.5. The Morgan fingerprint density at radius 3 is 2.65 bits per heavy atom. The average molecular weight is 418 g/mol. The largest absolute Gasteiger partial charge is 0.493 e. The van der Waals surface area contributed by atoms with Gasteiger partial charge >= 0.3 is 5.97 Å². The van der Waals surface area contributed by atoms with Gasteiger partial charge in [-0.2, -0.15) is 0 Å². The van der Waals surface area contributed by atoms with E-state index in [0.717, 1.165) is 48.6 Å². The summed E-state index contributed by atoms with van der Waals surface area (Å²) < 4.78 is 15.8. The van der Waals surface area contributed by atoms with Gasteiger partial charge in [0.05, 0.1) is 32.4 Å². The van der Waals surface area contributed by atoms with Crippen LogP contribution in [0.3, 0.4) is 0 Å². The minimum atomic E-state index is -0.249. The molecular weight excluding hydrogens is 390 g/mol. The SMILES string of the molecule is COC(=O)c1cccc2c1CC/C(=C\CCc1ccnc3cc(OC)c(OC)cc13)C2. The Morgan fingerprint density at radius 2 is 1.87 bits per heavy atom. The maximum atomic E-state index is 12.0. The van der Waals surface area contributed by atoms with Gasteiger partial charge in [-0.1, -0.05) is 23.8 Å². The smallest absolute Gasteiger partial charge is 0.338 e. The van der Waals surface area contributed by atoms with Crippen molar-refractivity contribution >= 4 is 16.9 Å².